The minimum atomic E-state index is 0.136. The molecule has 0 bridgehead atoms. The van der Waals surface area contributed by atoms with Crippen molar-refractivity contribution in [2.45, 2.75) is 39.5 Å². The van der Waals surface area contributed by atoms with E-state index in [1.54, 1.807) is 6.92 Å². The van der Waals surface area contributed by atoms with Crippen LogP contribution in [0.15, 0.2) is 22.7 Å². The lowest BCUT2D eigenvalue weighted by Crippen LogP contribution is -2.41. The second-order valence-electron chi connectivity index (χ2n) is 6.51. The van der Waals surface area contributed by atoms with Crippen LogP contribution in [0.2, 0.25) is 5.02 Å². The predicted octanol–water partition coefficient (Wildman–Crippen LogP) is 3.36. The van der Waals surface area contributed by atoms with Crippen molar-refractivity contribution in [1.82, 2.24) is 15.0 Å². The van der Waals surface area contributed by atoms with Crippen LogP contribution in [0.25, 0.3) is 0 Å². The number of aryl methyl sites for hydroxylation is 2. The molecule has 1 amide bonds. The zero-order valence-electron chi connectivity index (χ0n) is 14.1. The molecule has 1 aliphatic rings. The number of hydrogen-bond donors (Lipinski definition) is 0. The van der Waals surface area contributed by atoms with Crippen LogP contribution >= 0.6 is 11.6 Å². The lowest BCUT2D eigenvalue weighted by molar-refractivity contribution is -0.132. The molecule has 1 aromatic carbocycles. The summed E-state index contributed by atoms with van der Waals surface area (Å²) in [6.07, 6.45) is 3.21. The first-order valence-corrected chi connectivity index (χ1v) is 8.71. The molecule has 0 radical (unpaired) electrons. The Morgan fingerprint density at radius 2 is 2.25 bits per heavy atom. The van der Waals surface area contributed by atoms with E-state index in [1.165, 1.54) is 0 Å². The number of halogens is 1. The van der Waals surface area contributed by atoms with Crippen LogP contribution in [-0.2, 0) is 17.6 Å². The number of benzene rings is 1. The molecule has 5 nitrogen and oxygen atoms in total. The fourth-order valence-electron chi connectivity index (χ4n) is 3.26. The number of carbonyl (C=O) groups is 1. The van der Waals surface area contributed by atoms with Gasteiger partial charge in [0, 0.05) is 31.5 Å². The third kappa shape index (κ3) is 3.96. The van der Waals surface area contributed by atoms with Crippen molar-refractivity contribution in [1.29, 1.82) is 0 Å². The highest BCUT2D eigenvalue weighted by Gasteiger charge is 2.25. The number of piperidine rings is 1. The second kappa shape index (κ2) is 7.34. The van der Waals surface area contributed by atoms with E-state index in [0.717, 1.165) is 49.3 Å². The Hall–Kier alpha value is -1.88. The van der Waals surface area contributed by atoms with E-state index in [4.69, 9.17) is 16.1 Å². The molecule has 24 heavy (non-hydrogen) atoms. The highest BCUT2D eigenvalue weighted by atomic mass is 35.5. The maximum Gasteiger partial charge on any atom is 0.227 e. The molecular formula is C18H22ClN3O2. The molecule has 128 valence electrons. The van der Waals surface area contributed by atoms with Gasteiger partial charge in [-0.2, -0.15) is 4.98 Å². The van der Waals surface area contributed by atoms with Crippen molar-refractivity contribution in [2.75, 3.05) is 13.1 Å². The van der Waals surface area contributed by atoms with Crippen LogP contribution in [-0.4, -0.2) is 34.0 Å². The highest BCUT2D eigenvalue weighted by molar-refractivity contribution is 6.32. The van der Waals surface area contributed by atoms with Crippen molar-refractivity contribution in [3.8, 4) is 0 Å². The summed E-state index contributed by atoms with van der Waals surface area (Å²) in [5.41, 5.74) is 1.91. The summed E-state index contributed by atoms with van der Waals surface area (Å²) >= 11 is 6.32. The normalized spacial score (nSPS) is 18.0. The Balaban J connectivity index is 1.61. The monoisotopic (exact) mass is 347 g/mol. The lowest BCUT2D eigenvalue weighted by Gasteiger charge is -2.32. The molecule has 0 aliphatic carbocycles. The number of aromatic nitrogens is 2. The molecule has 1 unspecified atom stereocenters. The van der Waals surface area contributed by atoms with Gasteiger partial charge in [-0.15, -0.1) is 0 Å². The molecule has 3 rings (SSSR count). The smallest absolute Gasteiger partial charge is 0.227 e. The third-order valence-corrected chi connectivity index (χ3v) is 5.07. The summed E-state index contributed by atoms with van der Waals surface area (Å²) in [6, 6.07) is 5.83. The van der Waals surface area contributed by atoms with E-state index in [9.17, 15) is 4.79 Å². The molecule has 0 spiro atoms. The van der Waals surface area contributed by atoms with Crippen molar-refractivity contribution < 1.29 is 9.32 Å². The zero-order valence-corrected chi connectivity index (χ0v) is 14.8. The van der Waals surface area contributed by atoms with Gasteiger partial charge < -0.3 is 9.42 Å². The average molecular weight is 348 g/mol. The van der Waals surface area contributed by atoms with Gasteiger partial charge in [0.05, 0.1) is 6.42 Å². The van der Waals surface area contributed by atoms with Gasteiger partial charge in [0.1, 0.15) is 0 Å². The van der Waals surface area contributed by atoms with Gasteiger partial charge in [-0.1, -0.05) is 35.0 Å². The van der Waals surface area contributed by atoms with E-state index < -0.39 is 0 Å². The highest BCUT2D eigenvalue weighted by Crippen LogP contribution is 2.24. The molecule has 1 aliphatic heterocycles. The first-order valence-electron chi connectivity index (χ1n) is 8.34. The van der Waals surface area contributed by atoms with Gasteiger partial charge in [0.25, 0.3) is 0 Å². The summed E-state index contributed by atoms with van der Waals surface area (Å²) in [4.78, 5) is 18.9. The maximum absolute atomic E-state index is 12.7. The third-order valence-electron chi connectivity index (χ3n) is 4.53. The number of amides is 1. The van der Waals surface area contributed by atoms with Gasteiger partial charge in [0.15, 0.2) is 5.82 Å². The Bertz CT molecular complexity index is 729. The lowest BCUT2D eigenvalue weighted by atomic mass is 9.94. The molecule has 1 atom stereocenters. The van der Waals surface area contributed by atoms with Gasteiger partial charge >= 0.3 is 0 Å². The number of rotatable bonds is 4. The van der Waals surface area contributed by atoms with Gasteiger partial charge in [0.2, 0.25) is 11.8 Å². The summed E-state index contributed by atoms with van der Waals surface area (Å²) in [5, 5.41) is 4.66. The summed E-state index contributed by atoms with van der Waals surface area (Å²) < 4.78 is 5.03. The van der Waals surface area contributed by atoms with E-state index in [-0.39, 0.29) is 5.91 Å². The molecule has 2 aromatic rings. The number of likely N-dealkylation sites (tertiary alicyclic amines) is 1. The predicted molar refractivity (Wildman–Crippen MR) is 91.9 cm³/mol. The molecule has 6 heteroatoms. The van der Waals surface area contributed by atoms with Crippen LogP contribution in [0.3, 0.4) is 0 Å². The maximum atomic E-state index is 12.7. The number of hydrogen-bond acceptors (Lipinski definition) is 4. The standard InChI is InChI=1S/C18H22ClN3O2/c1-12-5-3-7-15(18(12)19)10-17(23)22-8-4-6-14(11-22)9-16-20-13(2)24-21-16/h3,5,7,14H,4,6,8-11H2,1-2H3. The Morgan fingerprint density at radius 1 is 1.42 bits per heavy atom. The van der Waals surface area contributed by atoms with E-state index in [1.807, 2.05) is 30.0 Å². The minimum absolute atomic E-state index is 0.136. The molecule has 1 aromatic heterocycles. The molecule has 1 fully saturated rings. The second-order valence-corrected chi connectivity index (χ2v) is 6.88. The van der Waals surface area contributed by atoms with Gasteiger partial charge in [-0.05, 0) is 36.8 Å². The van der Waals surface area contributed by atoms with Gasteiger partial charge in [-0.3, -0.25) is 4.79 Å². The van der Waals surface area contributed by atoms with E-state index in [2.05, 4.69) is 10.1 Å². The van der Waals surface area contributed by atoms with Gasteiger partial charge in [-0.25, -0.2) is 0 Å². The Kier molecular flexibility index (Phi) is 5.19. The minimum Gasteiger partial charge on any atom is -0.342 e. The molecule has 2 heterocycles. The largest absolute Gasteiger partial charge is 0.342 e. The van der Waals surface area contributed by atoms with Crippen LogP contribution < -0.4 is 0 Å². The molecule has 0 N–H and O–H groups in total. The fourth-order valence-corrected chi connectivity index (χ4v) is 3.45. The quantitative estimate of drug-likeness (QED) is 0.850. The zero-order chi connectivity index (χ0) is 17.1. The number of carbonyl (C=O) groups excluding carboxylic acids is 1. The average Bonchev–Trinajstić information content (AvgIpc) is 2.97. The topological polar surface area (TPSA) is 59.2 Å². The van der Waals surface area contributed by atoms with E-state index >= 15 is 0 Å². The fraction of sp³-hybridized carbons (Fsp3) is 0.500. The van der Waals surface area contributed by atoms with Crippen molar-refractivity contribution in [3.63, 3.8) is 0 Å². The molecule has 0 saturated carbocycles. The SMILES string of the molecule is Cc1nc(CC2CCCN(C(=O)Cc3cccc(C)c3Cl)C2)no1. The molecule has 1 saturated heterocycles. The first-order chi connectivity index (χ1) is 11.5. The summed E-state index contributed by atoms with van der Waals surface area (Å²) in [5.74, 6) is 1.83. The molecular weight excluding hydrogens is 326 g/mol. The van der Waals surface area contributed by atoms with Crippen LogP contribution in [0, 0.1) is 19.8 Å². The Morgan fingerprint density at radius 3 is 3.00 bits per heavy atom. The van der Waals surface area contributed by atoms with Crippen LogP contribution in [0.1, 0.15) is 35.7 Å². The summed E-state index contributed by atoms with van der Waals surface area (Å²) in [6.45, 7) is 5.30. The van der Waals surface area contributed by atoms with Crippen molar-refractivity contribution >= 4 is 17.5 Å². The van der Waals surface area contributed by atoms with Crippen molar-refractivity contribution in [2.24, 2.45) is 5.92 Å². The first kappa shape index (κ1) is 17.0. The van der Waals surface area contributed by atoms with E-state index in [0.29, 0.717) is 23.3 Å². The van der Waals surface area contributed by atoms with Crippen LogP contribution in [0.5, 0.6) is 0 Å². The van der Waals surface area contributed by atoms with Crippen molar-refractivity contribution in [3.05, 3.63) is 46.1 Å². The Labute approximate surface area is 147 Å². The van der Waals surface area contributed by atoms with Crippen LogP contribution in [0.4, 0.5) is 0 Å². The summed E-state index contributed by atoms with van der Waals surface area (Å²) in [7, 11) is 0. The number of nitrogens with zero attached hydrogens (tertiary/aromatic N) is 3.